The fraction of sp³-hybridized carbons (Fsp3) is 0.182. The van der Waals surface area contributed by atoms with Crippen LogP contribution in [0.2, 0.25) is 5.02 Å². The number of halogens is 1. The number of hydrogen-bond donors (Lipinski definition) is 0. The maximum Gasteiger partial charge on any atom is 0.145 e. The van der Waals surface area contributed by atoms with Crippen molar-refractivity contribution in [1.82, 2.24) is 0 Å². The molecule has 1 aromatic rings. The van der Waals surface area contributed by atoms with E-state index in [1.807, 2.05) is 18.2 Å². The molecule has 0 bridgehead atoms. The maximum atomic E-state index is 8.61. The summed E-state index contributed by atoms with van der Waals surface area (Å²) in [5.74, 6) is 0.696. The number of hydrogen-bond acceptors (Lipinski definition) is 2. The molecule has 0 aliphatic carbocycles. The summed E-state index contributed by atoms with van der Waals surface area (Å²) in [5.41, 5.74) is 1.93. The van der Waals surface area contributed by atoms with Gasteiger partial charge in [0.1, 0.15) is 5.75 Å². The predicted octanol–water partition coefficient (Wildman–Crippen LogP) is 3.03. The third-order valence-electron chi connectivity index (χ3n) is 2.17. The van der Waals surface area contributed by atoms with E-state index in [0.717, 1.165) is 17.6 Å². The van der Waals surface area contributed by atoms with Crippen LogP contribution in [0.1, 0.15) is 12.0 Å². The summed E-state index contributed by atoms with van der Waals surface area (Å²) in [6, 6.07) is 7.61. The van der Waals surface area contributed by atoms with Gasteiger partial charge in [-0.25, -0.2) is 0 Å². The van der Waals surface area contributed by atoms with E-state index in [-0.39, 0.29) is 0 Å². The van der Waals surface area contributed by atoms with Crippen molar-refractivity contribution >= 4 is 17.2 Å². The average Bonchev–Trinajstić information content (AvgIpc) is 2.20. The highest BCUT2D eigenvalue weighted by molar-refractivity contribution is 6.32. The molecule has 1 aromatic carbocycles. The predicted molar refractivity (Wildman–Crippen MR) is 55.2 cm³/mol. The minimum Gasteiger partial charge on any atom is -0.491 e. The fourth-order valence-corrected chi connectivity index (χ4v) is 1.76. The Hall–Kier alpha value is -1.46. The Kier molecular flexibility index (Phi) is 2.43. The first kappa shape index (κ1) is 9.11. The molecule has 1 aliphatic heterocycles. The molecule has 1 heterocycles. The smallest absolute Gasteiger partial charge is 0.145 e. The first-order valence-electron chi connectivity index (χ1n) is 4.33. The van der Waals surface area contributed by atoms with Crippen LogP contribution in [0.15, 0.2) is 24.3 Å². The van der Waals surface area contributed by atoms with Crippen LogP contribution < -0.4 is 4.74 Å². The van der Waals surface area contributed by atoms with E-state index < -0.39 is 0 Å². The second-order valence-corrected chi connectivity index (χ2v) is 3.42. The molecule has 0 fully saturated rings. The van der Waals surface area contributed by atoms with Gasteiger partial charge in [-0.1, -0.05) is 23.7 Å². The Balaban J connectivity index is 2.57. The number of nitriles is 1. The van der Waals surface area contributed by atoms with Crippen molar-refractivity contribution in [1.29, 1.82) is 5.26 Å². The molecule has 0 spiro atoms. The van der Waals surface area contributed by atoms with E-state index >= 15 is 0 Å². The van der Waals surface area contributed by atoms with Crippen molar-refractivity contribution in [2.24, 2.45) is 0 Å². The number of benzene rings is 1. The number of ether oxygens (including phenoxy) is 1. The van der Waals surface area contributed by atoms with Gasteiger partial charge >= 0.3 is 0 Å². The first-order valence-corrected chi connectivity index (χ1v) is 4.71. The summed E-state index contributed by atoms with van der Waals surface area (Å²) in [7, 11) is 0. The van der Waals surface area contributed by atoms with Gasteiger partial charge in [-0.05, 0) is 11.6 Å². The summed E-state index contributed by atoms with van der Waals surface area (Å²) in [6.45, 7) is 0.588. The molecule has 0 saturated heterocycles. The van der Waals surface area contributed by atoms with E-state index in [0.29, 0.717) is 17.4 Å². The zero-order valence-corrected chi connectivity index (χ0v) is 8.21. The van der Waals surface area contributed by atoms with Gasteiger partial charge in [-0.2, -0.15) is 5.26 Å². The molecule has 2 rings (SSSR count). The minimum atomic E-state index is 0.588. The third kappa shape index (κ3) is 1.47. The zero-order chi connectivity index (χ0) is 9.97. The lowest BCUT2D eigenvalue weighted by Crippen LogP contribution is -2.07. The lowest BCUT2D eigenvalue weighted by Gasteiger charge is -2.20. The molecular formula is C11H8ClNO. The van der Waals surface area contributed by atoms with Gasteiger partial charge in [0, 0.05) is 18.1 Å². The molecule has 70 valence electrons. The quantitative estimate of drug-likeness (QED) is 0.610. The van der Waals surface area contributed by atoms with Crippen molar-refractivity contribution in [2.45, 2.75) is 6.42 Å². The zero-order valence-electron chi connectivity index (χ0n) is 7.46. The van der Waals surface area contributed by atoms with E-state index in [4.69, 9.17) is 21.6 Å². The Morgan fingerprint density at radius 1 is 1.50 bits per heavy atom. The van der Waals surface area contributed by atoms with Crippen LogP contribution in [0.4, 0.5) is 0 Å². The van der Waals surface area contributed by atoms with Crippen molar-refractivity contribution < 1.29 is 4.74 Å². The van der Waals surface area contributed by atoms with Crippen molar-refractivity contribution in [3.63, 3.8) is 0 Å². The van der Waals surface area contributed by atoms with E-state index in [1.54, 1.807) is 12.1 Å². The summed E-state index contributed by atoms with van der Waals surface area (Å²) >= 11 is 5.97. The minimum absolute atomic E-state index is 0.588. The van der Waals surface area contributed by atoms with Crippen LogP contribution in [0.5, 0.6) is 5.75 Å². The van der Waals surface area contributed by atoms with Crippen LogP contribution in [0.3, 0.4) is 0 Å². The second kappa shape index (κ2) is 3.73. The van der Waals surface area contributed by atoms with E-state index in [1.165, 1.54) is 0 Å². The van der Waals surface area contributed by atoms with Gasteiger partial charge in [-0.3, -0.25) is 0 Å². The molecule has 2 nitrogen and oxygen atoms in total. The molecule has 0 unspecified atom stereocenters. The van der Waals surface area contributed by atoms with E-state index in [9.17, 15) is 0 Å². The summed E-state index contributed by atoms with van der Waals surface area (Å²) < 4.78 is 5.45. The second-order valence-electron chi connectivity index (χ2n) is 3.01. The molecule has 14 heavy (non-hydrogen) atoms. The lowest BCUT2D eigenvalue weighted by atomic mass is 10.00. The van der Waals surface area contributed by atoms with E-state index in [2.05, 4.69) is 0 Å². The van der Waals surface area contributed by atoms with Crippen LogP contribution in [0, 0.1) is 11.3 Å². The number of para-hydroxylation sites is 1. The Labute approximate surface area is 87.4 Å². The van der Waals surface area contributed by atoms with Crippen molar-refractivity contribution in [3.05, 3.63) is 34.9 Å². The van der Waals surface area contributed by atoms with Crippen molar-refractivity contribution in [2.75, 3.05) is 6.61 Å². The average molecular weight is 206 g/mol. The first-order chi connectivity index (χ1) is 6.83. The van der Waals surface area contributed by atoms with Crippen LogP contribution in [0.25, 0.3) is 5.57 Å². The van der Waals surface area contributed by atoms with Crippen LogP contribution in [-0.2, 0) is 0 Å². The summed E-state index contributed by atoms with van der Waals surface area (Å²) in [4.78, 5) is 0. The topological polar surface area (TPSA) is 33.0 Å². The molecular weight excluding hydrogens is 198 g/mol. The molecule has 3 heteroatoms. The maximum absolute atomic E-state index is 8.61. The highest BCUT2D eigenvalue weighted by Crippen LogP contribution is 2.37. The number of nitrogens with zero attached hydrogens (tertiary/aromatic N) is 1. The molecule has 0 radical (unpaired) electrons. The number of fused-ring (bicyclic) bond motifs is 1. The number of allylic oxidation sites excluding steroid dienone is 1. The van der Waals surface area contributed by atoms with Gasteiger partial charge in [0.05, 0.1) is 17.7 Å². The molecule has 0 aromatic heterocycles. The van der Waals surface area contributed by atoms with Crippen molar-refractivity contribution in [3.8, 4) is 11.8 Å². The Bertz CT molecular complexity index is 431. The molecule has 0 atom stereocenters. The Morgan fingerprint density at radius 2 is 2.36 bits per heavy atom. The summed E-state index contributed by atoms with van der Waals surface area (Å²) in [6.07, 6.45) is 2.32. The highest BCUT2D eigenvalue weighted by Gasteiger charge is 2.17. The molecule has 0 saturated carbocycles. The van der Waals surface area contributed by atoms with Gasteiger partial charge in [0.2, 0.25) is 0 Å². The Morgan fingerprint density at radius 3 is 3.14 bits per heavy atom. The normalized spacial score (nSPS) is 17.0. The summed E-state index contributed by atoms with van der Waals surface area (Å²) in [5, 5.41) is 9.22. The largest absolute Gasteiger partial charge is 0.491 e. The van der Waals surface area contributed by atoms with Crippen LogP contribution in [-0.4, -0.2) is 6.61 Å². The fourth-order valence-electron chi connectivity index (χ4n) is 1.53. The standard InChI is InChI=1S/C11H8ClNO/c12-10-3-1-2-9-8(4-6-13)5-7-14-11(9)10/h1-4H,5,7H2. The van der Waals surface area contributed by atoms with Gasteiger partial charge in [0.15, 0.2) is 0 Å². The van der Waals surface area contributed by atoms with Gasteiger partial charge in [0.25, 0.3) is 0 Å². The van der Waals surface area contributed by atoms with Gasteiger partial charge in [-0.15, -0.1) is 0 Å². The molecule has 1 aliphatic rings. The van der Waals surface area contributed by atoms with Crippen LogP contribution >= 0.6 is 11.6 Å². The molecule has 0 amide bonds. The third-order valence-corrected chi connectivity index (χ3v) is 2.47. The number of rotatable bonds is 0. The lowest BCUT2D eigenvalue weighted by molar-refractivity contribution is 0.316. The highest BCUT2D eigenvalue weighted by atomic mass is 35.5. The SMILES string of the molecule is N#CC=C1CCOc2c(Cl)cccc21. The van der Waals surface area contributed by atoms with Gasteiger partial charge < -0.3 is 4.74 Å². The molecule has 0 N–H and O–H groups in total. The monoisotopic (exact) mass is 205 g/mol.